The molecule has 1 aliphatic rings. The van der Waals surface area contributed by atoms with Crippen LogP contribution in [0.3, 0.4) is 0 Å². The number of nitrogens with zero attached hydrogens (tertiary/aromatic N) is 2. The SMILES string of the molecule is Cc1cnc(OC2CCCNC2)c(C)n1. The monoisotopic (exact) mass is 207 g/mol. The van der Waals surface area contributed by atoms with Gasteiger partial charge in [0.25, 0.3) is 0 Å². The van der Waals surface area contributed by atoms with E-state index >= 15 is 0 Å². The van der Waals surface area contributed by atoms with Crippen molar-refractivity contribution in [2.45, 2.75) is 32.8 Å². The zero-order valence-electron chi connectivity index (χ0n) is 9.29. The van der Waals surface area contributed by atoms with Crippen molar-refractivity contribution in [2.75, 3.05) is 13.1 Å². The van der Waals surface area contributed by atoms with E-state index in [9.17, 15) is 0 Å². The maximum Gasteiger partial charge on any atom is 0.235 e. The van der Waals surface area contributed by atoms with E-state index in [1.165, 1.54) is 6.42 Å². The summed E-state index contributed by atoms with van der Waals surface area (Å²) in [6.45, 7) is 5.88. The molecule has 1 aromatic rings. The first kappa shape index (κ1) is 10.4. The lowest BCUT2D eigenvalue weighted by molar-refractivity contribution is 0.158. The Bertz CT molecular complexity index is 335. The van der Waals surface area contributed by atoms with Crippen molar-refractivity contribution in [3.63, 3.8) is 0 Å². The molecule has 2 rings (SSSR count). The number of hydrogen-bond donors (Lipinski definition) is 1. The van der Waals surface area contributed by atoms with Gasteiger partial charge in [-0.2, -0.15) is 0 Å². The van der Waals surface area contributed by atoms with Crippen molar-refractivity contribution >= 4 is 0 Å². The smallest absolute Gasteiger partial charge is 0.235 e. The summed E-state index contributed by atoms with van der Waals surface area (Å²) in [4.78, 5) is 8.59. The van der Waals surface area contributed by atoms with Gasteiger partial charge >= 0.3 is 0 Å². The minimum atomic E-state index is 0.245. The molecule has 0 spiro atoms. The summed E-state index contributed by atoms with van der Waals surface area (Å²) >= 11 is 0. The van der Waals surface area contributed by atoms with Gasteiger partial charge in [0.05, 0.1) is 17.6 Å². The predicted octanol–water partition coefficient (Wildman–Crippen LogP) is 1.22. The summed E-state index contributed by atoms with van der Waals surface area (Å²) in [6, 6.07) is 0. The third-order valence-electron chi connectivity index (χ3n) is 2.55. The van der Waals surface area contributed by atoms with Crippen LogP contribution in [0.2, 0.25) is 0 Å². The van der Waals surface area contributed by atoms with Crippen molar-refractivity contribution in [3.05, 3.63) is 17.6 Å². The highest BCUT2D eigenvalue weighted by atomic mass is 16.5. The molecule has 1 saturated heterocycles. The molecule has 1 fully saturated rings. The van der Waals surface area contributed by atoms with Crippen LogP contribution in [0.25, 0.3) is 0 Å². The molecule has 0 aliphatic carbocycles. The molecule has 4 nitrogen and oxygen atoms in total. The highest BCUT2D eigenvalue weighted by molar-refractivity contribution is 5.18. The topological polar surface area (TPSA) is 47.0 Å². The number of aryl methyl sites for hydroxylation is 2. The number of piperidine rings is 1. The number of aromatic nitrogens is 2. The molecule has 1 aliphatic heterocycles. The second kappa shape index (κ2) is 4.57. The molecule has 1 N–H and O–H groups in total. The zero-order chi connectivity index (χ0) is 10.7. The minimum Gasteiger partial charge on any atom is -0.472 e. The van der Waals surface area contributed by atoms with E-state index in [-0.39, 0.29) is 6.10 Å². The summed E-state index contributed by atoms with van der Waals surface area (Å²) in [5.41, 5.74) is 1.81. The quantitative estimate of drug-likeness (QED) is 0.792. The fraction of sp³-hybridized carbons (Fsp3) is 0.636. The lowest BCUT2D eigenvalue weighted by Crippen LogP contribution is -2.37. The van der Waals surface area contributed by atoms with Gasteiger partial charge in [-0.1, -0.05) is 0 Å². The van der Waals surface area contributed by atoms with E-state index in [0.29, 0.717) is 5.88 Å². The Morgan fingerprint density at radius 3 is 3.00 bits per heavy atom. The Morgan fingerprint density at radius 1 is 1.47 bits per heavy atom. The Labute approximate surface area is 90.1 Å². The maximum absolute atomic E-state index is 5.80. The van der Waals surface area contributed by atoms with Crippen LogP contribution in [-0.2, 0) is 0 Å². The number of hydrogen-bond acceptors (Lipinski definition) is 4. The van der Waals surface area contributed by atoms with E-state index in [1.54, 1.807) is 6.20 Å². The molecule has 1 aromatic heterocycles. The predicted molar refractivity (Wildman–Crippen MR) is 58.0 cm³/mol. The molecule has 0 bridgehead atoms. The molecule has 0 aromatic carbocycles. The van der Waals surface area contributed by atoms with Crippen LogP contribution < -0.4 is 10.1 Å². The molecule has 0 amide bonds. The average Bonchev–Trinajstić information content (AvgIpc) is 2.24. The molecular weight excluding hydrogens is 190 g/mol. The summed E-state index contributed by atoms with van der Waals surface area (Å²) in [6.07, 6.45) is 4.26. The number of ether oxygens (including phenoxy) is 1. The molecule has 4 heteroatoms. The largest absolute Gasteiger partial charge is 0.472 e. The third-order valence-corrected chi connectivity index (χ3v) is 2.55. The van der Waals surface area contributed by atoms with Crippen LogP contribution in [0.5, 0.6) is 5.88 Å². The maximum atomic E-state index is 5.80. The molecule has 1 atom stereocenters. The number of rotatable bonds is 2. The summed E-state index contributed by atoms with van der Waals surface area (Å²) in [5.74, 6) is 0.675. The van der Waals surface area contributed by atoms with E-state index in [2.05, 4.69) is 15.3 Å². The molecule has 0 saturated carbocycles. The second-order valence-electron chi connectivity index (χ2n) is 3.99. The summed E-state index contributed by atoms with van der Waals surface area (Å²) in [5, 5.41) is 3.31. The molecule has 2 heterocycles. The normalized spacial score (nSPS) is 21.3. The first-order valence-electron chi connectivity index (χ1n) is 5.43. The molecular formula is C11H17N3O. The van der Waals surface area contributed by atoms with E-state index in [4.69, 9.17) is 4.74 Å². The second-order valence-corrected chi connectivity index (χ2v) is 3.99. The Kier molecular flexibility index (Phi) is 3.16. The van der Waals surface area contributed by atoms with Crippen molar-refractivity contribution < 1.29 is 4.74 Å². The lowest BCUT2D eigenvalue weighted by atomic mass is 10.1. The van der Waals surface area contributed by atoms with Gasteiger partial charge in [-0.3, -0.25) is 4.98 Å². The standard InChI is InChI=1S/C11H17N3O/c1-8-6-13-11(9(2)14-8)15-10-4-3-5-12-7-10/h6,10,12H,3-5,7H2,1-2H3. The Hall–Kier alpha value is -1.16. The number of nitrogens with one attached hydrogen (secondary N) is 1. The summed E-state index contributed by atoms with van der Waals surface area (Å²) < 4.78 is 5.80. The minimum absolute atomic E-state index is 0.245. The van der Waals surface area contributed by atoms with Gasteiger partial charge in [0.15, 0.2) is 0 Å². The molecule has 0 radical (unpaired) electrons. The fourth-order valence-electron chi connectivity index (χ4n) is 1.78. The van der Waals surface area contributed by atoms with Crippen LogP contribution in [0, 0.1) is 13.8 Å². The van der Waals surface area contributed by atoms with Crippen molar-refractivity contribution in [1.82, 2.24) is 15.3 Å². The van der Waals surface area contributed by atoms with Crippen LogP contribution in [-0.4, -0.2) is 29.2 Å². The van der Waals surface area contributed by atoms with Crippen LogP contribution >= 0.6 is 0 Å². The Morgan fingerprint density at radius 2 is 2.33 bits per heavy atom. The molecule has 15 heavy (non-hydrogen) atoms. The molecule has 82 valence electrons. The molecule has 1 unspecified atom stereocenters. The van der Waals surface area contributed by atoms with Crippen molar-refractivity contribution in [3.8, 4) is 5.88 Å². The van der Waals surface area contributed by atoms with Gasteiger partial charge in [-0.15, -0.1) is 0 Å². The van der Waals surface area contributed by atoms with Crippen molar-refractivity contribution in [1.29, 1.82) is 0 Å². The van der Waals surface area contributed by atoms with E-state index in [1.807, 2.05) is 13.8 Å². The van der Waals surface area contributed by atoms with Crippen LogP contribution in [0.15, 0.2) is 6.20 Å². The van der Waals surface area contributed by atoms with Crippen molar-refractivity contribution in [2.24, 2.45) is 0 Å². The lowest BCUT2D eigenvalue weighted by Gasteiger charge is -2.23. The Balaban J connectivity index is 2.03. The first-order chi connectivity index (χ1) is 7.25. The van der Waals surface area contributed by atoms with Gasteiger partial charge in [0.1, 0.15) is 6.10 Å². The van der Waals surface area contributed by atoms with Gasteiger partial charge in [-0.05, 0) is 33.2 Å². The first-order valence-corrected chi connectivity index (χ1v) is 5.43. The summed E-state index contributed by atoms with van der Waals surface area (Å²) in [7, 11) is 0. The highest BCUT2D eigenvalue weighted by Gasteiger charge is 2.16. The highest BCUT2D eigenvalue weighted by Crippen LogP contribution is 2.16. The average molecular weight is 207 g/mol. The van der Waals surface area contributed by atoms with Crippen LogP contribution in [0.1, 0.15) is 24.2 Å². The van der Waals surface area contributed by atoms with Gasteiger partial charge in [-0.25, -0.2) is 4.98 Å². The van der Waals surface area contributed by atoms with Gasteiger partial charge in [0.2, 0.25) is 5.88 Å². The van der Waals surface area contributed by atoms with E-state index < -0.39 is 0 Å². The third kappa shape index (κ3) is 2.65. The van der Waals surface area contributed by atoms with Gasteiger partial charge in [0, 0.05) is 6.54 Å². The van der Waals surface area contributed by atoms with E-state index in [0.717, 1.165) is 30.9 Å². The van der Waals surface area contributed by atoms with Gasteiger partial charge < -0.3 is 10.1 Å². The fourth-order valence-corrected chi connectivity index (χ4v) is 1.78. The van der Waals surface area contributed by atoms with Crippen LogP contribution in [0.4, 0.5) is 0 Å². The zero-order valence-corrected chi connectivity index (χ0v) is 9.29.